The predicted molar refractivity (Wildman–Crippen MR) is 248 cm³/mol. The van der Waals surface area contributed by atoms with E-state index in [1.165, 1.54) is 71.3 Å². The lowest BCUT2D eigenvalue weighted by atomic mass is 9.59. The summed E-state index contributed by atoms with van der Waals surface area (Å²) in [4.78, 5) is 15.3. The van der Waals surface area contributed by atoms with E-state index < -0.39 is 0 Å². The van der Waals surface area contributed by atoms with Crippen LogP contribution in [0.1, 0.15) is 0 Å². The van der Waals surface area contributed by atoms with Gasteiger partial charge in [-0.25, -0.2) is 15.0 Å². The zero-order valence-electron chi connectivity index (χ0n) is 31.9. The quantitative estimate of drug-likeness (QED) is 0.250. The maximum Gasteiger partial charge on any atom is 0.164 e. The first-order valence-electron chi connectivity index (χ1n) is 18.9. The van der Waals surface area contributed by atoms with Gasteiger partial charge in [-0.1, -0.05) is 150 Å². The van der Waals surface area contributed by atoms with Gasteiger partial charge in [-0.3, -0.25) is 0 Å². The number of hydrogen-bond acceptors (Lipinski definition) is 3. The molecule has 0 radical (unpaired) electrons. The van der Waals surface area contributed by atoms with Crippen molar-refractivity contribution in [3.8, 4) is 67.5 Å². The fraction of sp³-hybridized carbons (Fsp3) is 0. The largest absolute Gasteiger partial charge is 0.208 e. The third-order valence-electron chi connectivity index (χ3n) is 11.5. The van der Waals surface area contributed by atoms with Crippen LogP contribution in [0.4, 0.5) is 0 Å². The fourth-order valence-electron chi connectivity index (χ4n) is 8.07. The molecular weight excluding hydrogens is 661 g/mol. The molecule has 0 saturated heterocycles. The van der Waals surface area contributed by atoms with E-state index >= 15 is 0 Å². The molecule has 0 bridgehead atoms. The monoisotopic (exact) mass is 697 g/mol. The van der Waals surface area contributed by atoms with E-state index in [-0.39, 0.29) is 0 Å². The second-order valence-electron chi connectivity index (χ2n) is 14.6. The molecule has 0 unspecified atom stereocenters. The van der Waals surface area contributed by atoms with Crippen LogP contribution in [-0.4, -0.2) is 54.2 Å². The van der Waals surface area contributed by atoms with E-state index in [1.54, 1.807) is 0 Å². The Morgan fingerprint density at radius 3 is 1.31 bits per heavy atom. The van der Waals surface area contributed by atoms with E-state index in [9.17, 15) is 0 Å². The topological polar surface area (TPSA) is 38.7 Å². The summed E-state index contributed by atoms with van der Waals surface area (Å²) in [5.74, 6) is 1.94. The van der Waals surface area contributed by atoms with Gasteiger partial charge in [0.25, 0.3) is 0 Å². The highest BCUT2D eigenvalue weighted by Gasteiger charge is 2.17. The van der Waals surface area contributed by atoms with Crippen LogP contribution in [-0.2, 0) is 0 Å². The minimum atomic E-state index is 0.641. The lowest BCUT2D eigenvalue weighted by Gasteiger charge is -2.20. The highest BCUT2D eigenvalue weighted by Crippen LogP contribution is 2.37. The van der Waals surface area contributed by atoms with Crippen molar-refractivity contribution in [1.82, 2.24) is 15.0 Å². The molecule has 0 fully saturated rings. The standard InChI is InChI=1S/C47H36B5N3/c48-40-39(41(49)43(51)44(52)42(40)50)32-20-18-30-25-34(21-19-29(30)24-32)47-54-45(28-12-5-2-6-13-28)53-46(55-47)33-15-9-14-31(26-33)36-23-22-35(27-10-3-1-4-11-27)37-16-7-8-17-38(36)37/h1-26H,48-52H2. The summed E-state index contributed by atoms with van der Waals surface area (Å²) in [6.07, 6.45) is 0. The zero-order chi connectivity index (χ0) is 37.6. The normalized spacial score (nSPS) is 11.3. The minimum Gasteiger partial charge on any atom is -0.208 e. The Balaban J connectivity index is 1.14. The van der Waals surface area contributed by atoms with Crippen molar-refractivity contribution in [2.45, 2.75) is 0 Å². The number of hydrogen-bond donors (Lipinski definition) is 0. The Labute approximate surface area is 327 Å². The Morgan fingerprint density at radius 1 is 0.291 bits per heavy atom. The number of fused-ring (bicyclic) bond motifs is 2. The van der Waals surface area contributed by atoms with Crippen LogP contribution in [0.5, 0.6) is 0 Å². The second-order valence-corrected chi connectivity index (χ2v) is 14.6. The van der Waals surface area contributed by atoms with Gasteiger partial charge in [0.1, 0.15) is 39.2 Å². The van der Waals surface area contributed by atoms with E-state index in [1.807, 2.05) is 18.2 Å². The maximum atomic E-state index is 5.15. The Kier molecular flexibility index (Phi) is 8.83. The lowest BCUT2D eigenvalue weighted by Crippen LogP contribution is -2.55. The first-order chi connectivity index (χ1) is 26.8. The molecule has 55 heavy (non-hydrogen) atoms. The molecule has 0 aliphatic carbocycles. The van der Waals surface area contributed by atoms with Crippen molar-refractivity contribution >= 4 is 88.1 Å². The molecular formula is C47H36B5N3. The van der Waals surface area contributed by atoms with Crippen LogP contribution in [0.3, 0.4) is 0 Å². The van der Waals surface area contributed by atoms with Gasteiger partial charge in [-0.15, -0.1) is 16.4 Å². The van der Waals surface area contributed by atoms with Gasteiger partial charge in [-0.05, 0) is 73.1 Å². The molecule has 1 aromatic heterocycles. The van der Waals surface area contributed by atoms with Gasteiger partial charge in [0, 0.05) is 16.7 Å². The third kappa shape index (κ3) is 6.28. The first-order valence-corrected chi connectivity index (χ1v) is 18.9. The maximum absolute atomic E-state index is 5.15. The molecule has 0 saturated carbocycles. The lowest BCUT2D eigenvalue weighted by molar-refractivity contribution is 1.07. The van der Waals surface area contributed by atoms with Crippen molar-refractivity contribution < 1.29 is 0 Å². The van der Waals surface area contributed by atoms with Crippen LogP contribution in [0.2, 0.25) is 0 Å². The van der Waals surface area contributed by atoms with Crippen LogP contribution >= 0.6 is 0 Å². The molecule has 3 nitrogen and oxygen atoms in total. The summed E-state index contributed by atoms with van der Waals surface area (Å²) in [6, 6.07) is 55.8. The molecule has 1 heterocycles. The Hall–Kier alpha value is -6.39. The SMILES string of the molecule is Bc1c(B)c(B)c(-c2ccc3cc(-c4nc(-c5ccccc5)nc(-c5cccc(-c6ccc(-c7ccccc7)c7ccccc67)c5)n4)ccc3c2)c(B)c1B. The van der Waals surface area contributed by atoms with Crippen LogP contribution in [0.15, 0.2) is 158 Å². The Morgan fingerprint density at radius 2 is 0.709 bits per heavy atom. The average molecular weight is 697 g/mol. The van der Waals surface area contributed by atoms with Crippen LogP contribution in [0, 0.1) is 0 Å². The number of rotatable bonds is 6. The number of aromatic nitrogens is 3. The van der Waals surface area contributed by atoms with E-state index in [0.29, 0.717) is 17.5 Å². The van der Waals surface area contributed by atoms with Gasteiger partial charge in [0.15, 0.2) is 17.5 Å². The van der Waals surface area contributed by atoms with Crippen molar-refractivity contribution in [2.75, 3.05) is 0 Å². The molecule has 8 aromatic carbocycles. The van der Waals surface area contributed by atoms with E-state index in [0.717, 1.165) is 27.6 Å². The number of nitrogens with zero attached hydrogens (tertiary/aromatic N) is 3. The zero-order valence-corrected chi connectivity index (χ0v) is 31.9. The van der Waals surface area contributed by atoms with Crippen molar-refractivity contribution in [2.24, 2.45) is 0 Å². The van der Waals surface area contributed by atoms with Gasteiger partial charge in [0.2, 0.25) is 0 Å². The number of benzene rings is 8. The van der Waals surface area contributed by atoms with Gasteiger partial charge < -0.3 is 0 Å². The summed E-state index contributed by atoms with van der Waals surface area (Å²) in [5.41, 5.74) is 17.0. The smallest absolute Gasteiger partial charge is 0.164 e. The summed E-state index contributed by atoms with van der Waals surface area (Å²) in [5, 5.41) is 4.77. The van der Waals surface area contributed by atoms with E-state index in [4.69, 9.17) is 15.0 Å². The average Bonchev–Trinajstić information content (AvgIpc) is 3.25. The molecule has 0 N–H and O–H groups in total. The molecule has 0 amide bonds. The molecule has 0 aliphatic rings. The first kappa shape index (κ1) is 34.4. The summed E-state index contributed by atoms with van der Waals surface area (Å²) >= 11 is 0. The van der Waals surface area contributed by atoms with Crippen LogP contribution < -0.4 is 27.3 Å². The predicted octanol–water partition coefficient (Wildman–Crippen LogP) is 3.47. The van der Waals surface area contributed by atoms with Gasteiger partial charge in [0.05, 0.1) is 0 Å². The summed E-state index contributed by atoms with van der Waals surface area (Å²) in [6.45, 7) is 0. The van der Waals surface area contributed by atoms with Crippen molar-refractivity contribution in [3.63, 3.8) is 0 Å². The van der Waals surface area contributed by atoms with Gasteiger partial charge in [-0.2, -0.15) is 0 Å². The third-order valence-corrected chi connectivity index (χ3v) is 11.5. The molecule has 0 atom stereocenters. The molecule has 254 valence electrons. The van der Waals surface area contributed by atoms with Gasteiger partial charge >= 0.3 is 0 Å². The second kappa shape index (κ2) is 14.1. The molecule has 0 aliphatic heterocycles. The summed E-state index contributed by atoms with van der Waals surface area (Å²) < 4.78 is 0. The Bertz CT molecular complexity index is 2900. The van der Waals surface area contributed by atoms with Crippen molar-refractivity contribution in [3.05, 3.63) is 158 Å². The highest BCUT2D eigenvalue weighted by molar-refractivity contribution is 6.68. The molecule has 8 heteroatoms. The fourth-order valence-corrected chi connectivity index (χ4v) is 8.07. The molecule has 9 aromatic rings. The van der Waals surface area contributed by atoms with Crippen molar-refractivity contribution in [1.29, 1.82) is 0 Å². The van der Waals surface area contributed by atoms with E-state index in [2.05, 4.69) is 179 Å². The highest BCUT2D eigenvalue weighted by atomic mass is 15.0. The van der Waals surface area contributed by atoms with Crippen LogP contribution in [0.25, 0.3) is 89.1 Å². The summed E-state index contributed by atoms with van der Waals surface area (Å²) in [7, 11) is 11.2. The molecule has 0 spiro atoms. The molecule has 9 rings (SSSR count). The minimum absolute atomic E-state index is 0.641.